The van der Waals surface area contributed by atoms with Crippen LogP contribution in [0.3, 0.4) is 0 Å². The molecule has 0 bridgehead atoms. The molecular formula is C59H39N5. The molecule has 0 N–H and O–H groups in total. The molecule has 11 rings (SSSR count). The number of fused-ring (bicyclic) bond motifs is 1. The van der Waals surface area contributed by atoms with Gasteiger partial charge >= 0.3 is 0 Å². The number of rotatable bonds is 9. The van der Waals surface area contributed by atoms with E-state index in [9.17, 15) is 0 Å². The lowest BCUT2D eigenvalue weighted by atomic mass is 9.86. The molecule has 0 saturated carbocycles. The Balaban J connectivity index is 0.985. The molecule has 300 valence electrons. The van der Waals surface area contributed by atoms with Gasteiger partial charge in [-0.05, 0) is 50.2 Å². The van der Waals surface area contributed by atoms with Gasteiger partial charge in [0.05, 0.1) is 11.4 Å². The molecule has 5 heteroatoms. The summed E-state index contributed by atoms with van der Waals surface area (Å²) in [4.78, 5) is 24.9. The first-order valence-corrected chi connectivity index (χ1v) is 21.4. The van der Waals surface area contributed by atoms with Crippen LogP contribution in [0.15, 0.2) is 237 Å². The molecule has 64 heavy (non-hydrogen) atoms. The summed E-state index contributed by atoms with van der Waals surface area (Å²) in [5.41, 5.74) is 14.5. The summed E-state index contributed by atoms with van der Waals surface area (Å²) in [6.45, 7) is 0. The van der Waals surface area contributed by atoms with Crippen molar-refractivity contribution < 1.29 is 0 Å². The summed E-state index contributed by atoms with van der Waals surface area (Å²) in [5.74, 6) is 2.60. The van der Waals surface area contributed by atoms with Crippen LogP contribution in [0.1, 0.15) is 0 Å². The van der Waals surface area contributed by atoms with Crippen LogP contribution in [0.5, 0.6) is 0 Å². The van der Waals surface area contributed by atoms with E-state index in [1.807, 2.05) is 97.1 Å². The van der Waals surface area contributed by atoms with Crippen LogP contribution in [-0.4, -0.2) is 24.9 Å². The molecule has 0 radical (unpaired) electrons. The number of benzene rings is 9. The highest BCUT2D eigenvalue weighted by Gasteiger charge is 2.18. The van der Waals surface area contributed by atoms with Gasteiger partial charge in [-0.2, -0.15) is 0 Å². The first-order valence-electron chi connectivity index (χ1n) is 21.4. The van der Waals surface area contributed by atoms with Gasteiger partial charge in [-0.1, -0.05) is 231 Å². The summed E-state index contributed by atoms with van der Waals surface area (Å²) in [6, 6.07) is 82.0. The van der Waals surface area contributed by atoms with E-state index in [1.165, 1.54) is 16.3 Å². The minimum absolute atomic E-state index is 0.626. The Hall–Kier alpha value is -8.67. The number of hydrogen-bond donors (Lipinski definition) is 0. The van der Waals surface area contributed by atoms with E-state index in [4.69, 9.17) is 24.9 Å². The molecule has 0 spiro atoms. The Morgan fingerprint density at radius 3 is 1.11 bits per heavy atom. The van der Waals surface area contributed by atoms with E-state index in [-0.39, 0.29) is 0 Å². The predicted octanol–water partition coefficient (Wildman–Crippen LogP) is 14.8. The molecule has 2 aromatic heterocycles. The van der Waals surface area contributed by atoms with Gasteiger partial charge in [-0.3, -0.25) is 0 Å². The molecular weight excluding hydrogens is 779 g/mol. The SMILES string of the molecule is c1ccc(-c2cc(-c3ccc(-c4ccccc4-c4c(-c5ccc(-c6nc(-c7ccccc7)nc(-c7ccccc7)n6)cc5)ccc5ccccc45)cc3)nc(-c3ccccc3)n2)cc1. The van der Waals surface area contributed by atoms with Crippen molar-refractivity contribution in [1.29, 1.82) is 0 Å². The van der Waals surface area contributed by atoms with Crippen LogP contribution < -0.4 is 0 Å². The Kier molecular flexibility index (Phi) is 10.2. The van der Waals surface area contributed by atoms with Crippen molar-refractivity contribution >= 4 is 10.8 Å². The zero-order chi connectivity index (χ0) is 42.7. The van der Waals surface area contributed by atoms with Crippen molar-refractivity contribution in [3.8, 4) is 101 Å². The summed E-state index contributed by atoms with van der Waals surface area (Å²) in [7, 11) is 0. The normalized spacial score (nSPS) is 11.1. The van der Waals surface area contributed by atoms with Crippen LogP contribution in [0.25, 0.3) is 112 Å². The van der Waals surface area contributed by atoms with Gasteiger partial charge in [0.1, 0.15) is 0 Å². The molecule has 0 unspecified atom stereocenters. The van der Waals surface area contributed by atoms with Gasteiger partial charge < -0.3 is 0 Å². The lowest BCUT2D eigenvalue weighted by Gasteiger charge is -2.18. The van der Waals surface area contributed by atoms with Crippen LogP contribution in [0.2, 0.25) is 0 Å². The first-order chi connectivity index (χ1) is 31.7. The van der Waals surface area contributed by atoms with Crippen molar-refractivity contribution in [3.63, 3.8) is 0 Å². The van der Waals surface area contributed by atoms with Gasteiger partial charge in [-0.15, -0.1) is 0 Å². The molecule has 9 aromatic carbocycles. The molecule has 0 saturated heterocycles. The third-order valence-electron chi connectivity index (χ3n) is 11.6. The molecule has 0 aliphatic heterocycles. The third kappa shape index (κ3) is 7.63. The topological polar surface area (TPSA) is 64.5 Å². The van der Waals surface area contributed by atoms with Gasteiger partial charge in [-0.25, -0.2) is 24.9 Å². The van der Waals surface area contributed by atoms with Crippen molar-refractivity contribution in [2.45, 2.75) is 0 Å². The van der Waals surface area contributed by atoms with Gasteiger partial charge in [0.25, 0.3) is 0 Å². The largest absolute Gasteiger partial charge is 0.228 e. The molecule has 2 heterocycles. The second-order valence-corrected chi connectivity index (χ2v) is 15.6. The second kappa shape index (κ2) is 17.0. The number of aromatic nitrogens is 5. The Labute approximate surface area is 372 Å². The maximum absolute atomic E-state index is 5.09. The van der Waals surface area contributed by atoms with Crippen molar-refractivity contribution in [2.24, 2.45) is 0 Å². The lowest BCUT2D eigenvalue weighted by Crippen LogP contribution is -2.00. The summed E-state index contributed by atoms with van der Waals surface area (Å²) in [5, 5.41) is 2.37. The fourth-order valence-electron chi connectivity index (χ4n) is 8.38. The number of nitrogens with zero attached hydrogens (tertiary/aromatic N) is 5. The fourth-order valence-corrected chi connectivity index (χ4v) is 8.38. The zero-order valence-corrected chi connectivity index (χ0v) is 34.8. The van der Waals surface area contributed by atoms with Crippen LogP contribution in [0.4, 0.5) is 0 Å². The lowest BCUT2D eigenvalue weighted by molar-refractivity contribution is 1.07. The van der Waals surface area contributed by atoms with Gasteiger partial charge in [0, 0.05) is 33.4 Å². The van der Waals surface area contributed by atoms with E-state index >= 15 is 0 Å². The quantitative estimate of drug-likeness (QED) is 0.145. The summed E-state index contributed by atoms with van der Waals surface area (Å²) in [6.07, 6.45) is 0. The molecule has 0 amide bonds. The van der Waals surface area contributed by atoms with Crippen molar-refractivity contribution in [2.75, 3.05) is 0 Å². The van der Waals surface area contributed by atoms with E-state index in [0.717, 1.165) is 72.6 Å². The Morgan fingerprint density at radius 1 is 0.219 bits per heavy atom. The predicted molar refractivity (Wildman–Crippen MR) is 262 cm³/mol. The summed E-state index contributed by atoms with van der Waals surface area (Å²) < 4.78 is 0. The highest BCUT2D eigenvalue weighted by atomic mass is 15.0. The minimum atomic E-state index is 0.626. The average molecular weight is 818 g/mol. The monoisotopic (exact) mass is 817 g/mol. The molecule has 0 aliphatic carbocycles. The molecule has 11 aromatic rings. The van der Waals surface area contributed by atoms with Crippen LogP contribution in [-0.2, 0) is 0 Å². The highest BCUT2D eigenvalue weighted by Crippen LogP contribution is 2.43. The van der Waals surface area contributed by atoms with E-state index in [1.54, 1.807) is 0 Å². The third-order valence-corrected chi connectivity index (χ3v) is 11.6. The molecule has 0 aliphatic rings. The maximum Gasteiger partial charge on any atom is 0.164 e. The Morgan fingerprint density at radius 2 is 0.578 bits per heavy atom. The smallest absolute Gasteiger partial charge is 0.164 e. The molecule has 0 atom stereocenters. The average Bonchev–Trinajstić information content (AvgIpc) is 3.39. The van der Waals surface area contributed by atoms with Gasteiger partial charge in [0.15, 0.2) is 23.3 Å². The standard InChI is InChI=1S/C59H39N5/c1-5-18-43(19-6-1)53-39-54(61-56(60-53)45-20-7-2-8-21-45)44-33-29-41(30-34-44)49-26-15-16-28-52(49)55-50-27-14-13-17-40(50)37-38-51(55)42-31-35-48(36-32-42)59-63-57(46-22-9-3-10-23-46)62-58(64-59)47-24-11-4-12-25-47/h1-39H. The highest BCUT2D eigenvalue weighted by molar-refractivity contribution is 6.07. The van der Waals surface area contributed by atoms with Crippen LogP contribution in [0, 0.1) is 0 Å². The van der Waals surface area contributed by atoms with E-state index < -0.39 is 0 Å². The van der Waals surface area contributed by atoms with Gasteiger partial charge in [0.2, 0.25) is 0 Å². The molecule has 0 fully saturated rings. The molecule has 5 nitrogen and oxygen atoms in total. The number of hydrogen-bond acceptors (Lipinski definition) is 5. The minimum Gasteiger partial charge on any atom is -0.228 e. The first kappa shape index (κ1) is 38.3. The maximum atomic E-state index is 5.09. The Bertz CT molecular complexity index is 3280. The summed E-state index contributed by atoms with van der Waals surface area (Å²) >= 11 is 0. The van der Waals surface area contributed by atoms with E-state index in [2.05, 4.69) is 140 Å². The van der Waals surface area contributed by atoms with E-state index in [0.29, 0.717) is 23.3 Å². The van der Waals surface area contributed by atoms with Crippen LogP contribution >= 0.6 is 0 Å². The fraction of sp³-hybridized carbons (Fsp3) is 0. The van der Waals surface area contributed by atoms with Crippen molar-refractivity contribution in [1.82, 2.24) is 24.9 Å². The van der Waals surface area contributed by atoms with Crippen molar-refractivity contribution in [3.05, 3.63) is 237 Å². The zero-order valence-electron chi connectivity index (χ0n) is 34.8. The second-order valence-electron chi connectivity index (χ2n) is 15.6.